The van der Waals surface area contributed by atoms with Crippen LogP contribution in [0.15, 0.2) is 54.6 Å². The van der Waals surface area contributed by atoms with Crippen molar-refractivity contribution in [1.29, 1.82) is 0 Å². The standard InChI is InChI=1S/C20H23N3O4S/c1-28(26,27)23(19-5-3-2-4-6-19)15-17-7-9-18(10-8-17)20(25)22-13-11-21(16-24)12-14-22/h2-10,16H,11-15H2,1H3. The van der Waals surface area contributed by atoms with Crippen LogP contribution in [-0.4, -0.2) is 63.0 Å². The lowest BCUT2D eigenvalue weighted by Gasteiger charge is -2.32. The average molecular weight is 401 g/mol. The second-order valence-corrected chi connectivity index (χ2v) is 8.64. The summed E-state index contributed by atoms with van der Waals surface area (Å²) in [7, 11) is -3.44. The molecule has 1 aliphatic heterocycles. The lowest BCUT2D eigenvalue weighted by Crippen LogP contribution is -2.48. The lowest BCUT2D eigenvalue weighted by molar-refractivity contribution is -0.119. The maximum Gasteiger partial charge on any atom is 0.253 e. The topological polar surface area (TPSA) is 78.0 Å². The van der Waals surface area contributed by atoms with Crippen LogP contribution in [0.5, 0.6) is 0 Å². The number of rotatable bonds is 6. The predicted octanol–water partition coefficient (Wildman–Crippen LogP) is 1.57. The molecule has 0 saturated carbocycles. The lowest BCUT2D eigenvalue weighted by atomic mass is 10.1. The van der Waals surface area contributed by atoms with Gasteiger partial charge in [-0.05, 0) is 29.8 Å². The summed E-state index contributed by atoms with van der Waals surface area (Å²) in [6.45, 7) is 2.28. The zero-order valence-corrected chi connectivity index (χ0v) is 16.5. The molecule has 3 rings (SSSR count). The van der Waals surface area contributed by atoms with E-state index in [9.17, 15) is 18.0 Å². The van der Waals surface area contributed by atoms with Crippen LogP contribution in [-0.2, 0) is 21.4 Å². The van der Waals surface area contributed by atoms with Gasteiger partial charge in [-0.3, -0.25) is 13.9 Å². The fourth-order valence-corrected chi connectivity index (χ4v) is 4.01. The van der Waals surface area contributed by atoms with E-state index in [0.29, 0.717) is 37.4 Å². The molecule has 0 atom stereocenters. The molecule has 1 heterocycles. The van der Waals surface area contributed by atoms with Crippen molar-refractivity contribution in [3.05, 3.63) is 65.7 Å². The second kappa shape index (κ2) is 8.43. The molecule has 2 aromatic carbocycles. The highest BCUT2D eigenvalue weighted by Crippen LogP contribution is 2.20. The third-order valence-corrected chi connectivity index (χ3v) is 5.86. The Balaban J connectivity index is 1.71. The number of piperazine rings is 1. The van der Waals surface area contributed by atoms with Gasteiger partial charge in [0.1, 0.15) is 0 Å². The van der Waals surface area contributed by atoms with E-state index in [2.05, 4.69) is 0 Å². The monoisotopic (exact) mass is 401 g/mol. The van der Waals surface area contributed by atoms with Gasteiger partial charge in [-0.25, -0.2) is 8.42 Å². The molecule has 0 radical (unpaired) electrons. The number of sulfonamides is 1. The Kier molecular flexibility index (Phi) is 5.99. The van der Waals surface area contributed by atoms with Crippen molar-refractivity contribution in [3.8, 4) is 0 Å². The first-order valence-corrected chi connectivity index (χ1v) is 10.8. The van der Waals surface area contributed by atoms with Crippen LogP contribution >= 0.6 is 0 Å². The normalized spacial score (nSPS) is 14.6. The molecule has 0 spiro atoms. The summed E-state index contributed by atoms with van der Waals surface area (Å²) < 4.78 is 25.7. The van der Waals surface area contributed by atoms with Crippen LogP contribution in [0, 0.1) is 0 Å². The molecule has 1 fully saturated rings. The van der Waals surface area contributed by atoms with Gasteiger partial charge in [0.2, 0.25) is 16.4 Å². The Morgan fingerprint density at radius 1 is 1.00 bits per heavy atom. The van der Waals surface area contributed by atoms with E-state index in [1.54, 1.807) is 58.3 Å². The van der Waals surface area contributed by atoms with E-state index in [0.717, 1.165) is 12.0 Å². The van der Waals surface area contributed by atoms with E-state index < -0.39 is 10.0 Å². The number of nitrogens with zero attached hydrogens (tertiary/aromatic N) is 3. The van der Waals surface area contributed by atoms with E-state index in [-0.39, 0.29) is 12.5 Å². The molecule has 0 aromatic heterocycles. The average Bonchev–Trinajstić information content (AvgIpc) is 2.72. The van der Waals surface area contributed by atoms with Gasteiger partial charge in [0, 0.05) is 31.7 Å². The van der Waals surface area contributed by atoms with E-state index in [1.165, 1.54) is 10.6 Å². The number of carbonyl (C=O) groups excluding carboxylic acids is 2. The molecule has 1 saturated heterocycles. The van der Waals surface area contributed by atoms with Gasteiger partial charge in [-0.15, -0.1) is 0 Å². The highest BCUT2D eigenvalue weighted by molar-refractivity contribution is 7.92. The molecule has 0 N–H and O–H groups in total. The first kappa shape index (κ1) is 19.9. The number of anilines is 1. The van der Waals surface area contributed by atoms with Crippen molar-refractivity contribution >= 4 is 28.0 Å². The Morgan fingerprint density at radius 3 is 2.14 bits per heavy atom. The first-order chi connectivity index (χ1) is 13.4. The van der Waals surface area contributed by atoms with Crippen LogP contribution in [0.25, 0.3) is 0 Å². The van der Waals surface area contributed by atoms with Crippen molar-refractivity contribution in [2.24, 2.45) is 0 Å². The minimum atomic E-state index is -3.44. The van der Waals surface area contributed by atoms with Crippen molar-refractivity contribution in [2.45, 2.75) is 6.54 Å². The molecule has 2 aromatic rings. The number of para-hydroxylation sites is 1. The minimum Gasteiger partial charge on any atom is -0.342 e. The predicted molar refractivity (Wildman–Crippen MR) is 107 cm³/mol. The molecule has 28 heavy (non-hydrogen) atoms. The first-order valence-electron chi connectivity index (χ1n) is 8.99. The molecule has 0 aliphatic carbocycles. The number of carbonyl (C=O) groups is 2. The highest BCUT2D eigenvalue weighted by atomic mass is 32.2. The molecular weight excluding hydrogens is 378 g/mol. The van der Waals surface area contributed by atoms with Gasteiger partial charge < -0.3 is 9.80 Å². The zero-order valence-electron chi connectivity index (χ0n) is 15.7. The Hall–Kier alpha value is -2.87. The maximum absolute atomic E-state index is 12.6. The molecule has 148 valence electrons. The smallest absolute Gasteiger partial charge is 0.253 e. The van der Waals surface area contributed by atoms with Gasteiger partial charge >= 0.3 is 0 Å². The quantitative estimate of drug-likeness (QED) is 0.689. The molecule has 2 amide bonds. The van der Waals surface area contributed by atoms with Crippen molar-refractivity contribution in [3.63, 3.8) is 0 Å². The van der Waals surface area contributed by atoms with E-state index in [1.807, 2.05) is 6.07 Å². The van der Waals surface area contributed by atoms with Crippen LogP contribution in [0.1, 0.15) is 15.9 Å². The Labute approximate surface area is 165 Å². The van der Waals surface area contributed by atoms with E-state index in [4.69, 9.17) is 0 Å². The maximum atomic E-state index is 12.6. The van der Waals surface area contributed by atoms with Gasteiger partial charge in [0.25, 0.3) is 5.91 Å². The summed E-state index contributed by atoms with van der Waals surface area (Å²) >= 11 is 0. The molecule has 7 nitrogen and oxygen atoms in total. The number of hydrogen-bond donors (Lipinski definition) is 0. The van der Waals surface area contributed by atoms with Gasteiger partial charge in [-0.2, -0.15) is 0 Å². The van der Waals surface area contributed by atoms with Crippen molar-refractivity contribution in [2.75, 3.05) is 36.7 Å². The summed E-state index contributed by atoms with van der Waals surface area (Å²) in [6.07, 6.45) is 1.98. The summed E-state index contributed by atoms with van der Waals surface area (Å²) in [6, 6.07) is 15.9. The van der Waals surface area contributed by atoms with Crippen LogP contribution in [0.2, 0.25) is 0 Å². The van der Waals surface area contributed by atoms with Gasteiger partial charge in [-0.1, -0.05) is 30.3 Å². The fourth-order valence-electron chi connectivity index (χ4n) is 3.13. The summed E-state index contributed by atoms with van der Waals surface area (Å²) in [4.78, 5) is 26.8. The molecule has 8 heteroatoms. The molecule has 0 bridgehead atoms. The number of benzene rings is 2. The third-order valence-electron chi connectivity index (χ3n) is 4.72. The number of hydrogen-bond acceptors (Lipinski definition) is 4. The van der Waals surface area contributed by atoms with Crippen LogP contribution < -0.4 is 4.31 Å². The van der Waals surface area contributed by atoms with Crippen molar-refractivity contribution in [1.82, 2.24) is 9.80 Å². The third kappa shape index (κ3) is 4.69. The number of amides is 2. The largest absolute Gasteiger partial charge is 0.342 e. The zero-order chi connectivity index (χ0) is 20.1. The minimum absolute atomic E-state index is 0.0832. The Bertz CT molecular complexity index is 922. The van der Waals surface area contributed by atoms with Crippen molar-refractivity contribution < 1.29 is 18.0 Å². The van der Waals surface area contributed by atoms with Gasteiger partial charge in [0.05, 0.1) is 18.5 Å². The molecule has 0 unspecified atom stereocenters. The molecular formula is C20H23N3O4S. The van der Waals surface area contributed by atoms with E-state index >= 15 is 0 Å². The molecule has 1 aliphatic rings. The van der Waals surface area contributed by atoms with Crippen LogP contribution in [0.4, 0.5) is 5.69 Å². The SMILES string of the molecule is CS(=O)(=O)N(Cc1ccc(C(=O)N2CCN(C=O)CC2)cc1)c1ccccc1. The summed E-state index contributed by atoms with van der Waals surface area (Å²) in [5.74, 6) is -0.0832. The summed E-state index contributed by atoms with van der Waals surface area (Å²) in [5.41, 5.74) is 1.93. The fraction of sp³-hybridized carbons (Fsp3) is 0.300. The Morgan fingerprint density at radius 2 is 1.61 bits per heavy atom. The second-order valence-electron chi connectivity index (χ2n) is 6.74. The van der Waals surface area contributed by atoms with Gasteiger partial charge in [0.15, 0.2) is 0 Å². The summed E-state index contributed by atoms with van der Waals surface area (Å²) in [5, 5.41) is 0. The highest BCUT2D eigenvalue weighted by Gasteiger charge is 2.22. The van der Waals surface area contributed by atoms with Crippen LogP contribution in [0.3, 0.4) is 0 Å².